The molecule has 1 saturated heterocycles. The molecule has 100 valence electrons. The number of piperazine rings is 1. The molecule has 0 spiro atoms. The van der Waals surface area contributed by atoms with Crippen molar-refractivity contribution in [3.8, 4) is 0 Å². The van der Waals surface area contributed by atoms with Crippen molar-refractivity contribution in [2.75, 3.05) is 39.0 Å². The summed E-state index contributed by atoms with van der Waals surface area (Å²) in [6, 6.07) is -1.11. The molecule has 1 heterocycles. The van der Waals surface area contributed by atoms with Crippen LogP contribution < -0.4 is 5.73 Å². The van der Waals surface area contributed by atoms with E-state index < -0.39 is 22.0 Å². The SMILES string of the molecule is CN1CCN(S(=O)(=O)CCC(N)C(=O)O)CC1. The van der Waals surface area contributed by atoms with Crippen molar-refractivity contribution in [3.05, 3.63) is 0 Å². The molecule has 7 nitrogen and oxygen atoms in total. The van der Waals surface area contributed by atoms with E-state index in [1.54, 1.807) is 0 Å². The lowest BCUT2D eigenvalue weighted by atomic mass is 10.2. The number of carboxylic acid groups (broad SMARTS) is 1. The quantitative estimate of drug-likeness (QED) is 0.618. The van der Waals surface area contributed by atoms with Gasteiger partial charge in [-0.1, -0.05) is 0 Å². The van der Waals surface area contributed by atoms with Crippen molar-refractivity contribution in [2.24, 2.45) is 5.73 Å². The summed E-state index contributed by atoms with van der Waals surface area (Å²) in [5.41, 5.74) is 5.28. The number of nitrogens with zero attached hydrogens (tertiary/aromatic N) is 2. The molecule has 0 saturated carbocycles. The Hall–Kier alpha value is -0.700. The lowest BCUT2D eigenvalue weighted by Gasteiger charge is -2.31. The first-order valence-electron chi connectivity index (χ1n) is 5.47. The van der Waals surface area contributed by atoms with Crippen molar-refractivity contribution in [1.29, 1.82) is 0 Å². The van der Waals surface area contributed by atoms with E-state index >= 15 is 0 Å². The Balaban J connectivity index is 2.48. The van der Waals surface area contributed by atoms with Crippen LogP contribution in [0.25, 0.3) is 0 Å². The highest BCUT2D eigenvalue weighted by atomic mass is 32.2. The summed E-state index contributed by atoms with van der Waals surface area (Å²) in [6.07, 6.45) is -0.0516. The summed E-state index contributed by atoms with van der Waals surface area (Å²) in [5, 5.41) is 8.58. The van der Waals surface area contributed by atoms with Crippen molar-refractivity contribution in [2.45, 2.75) is 12.5 Å². The highest BCUT2D eigenvalue weighted by molar-refractivity contribution is 7.89. The van der Waals surface area contributed by atoms with Gasteiger partial charge in [0.15, 0.2) is 0 Å². The molecule has 0 bridgehead atoms. The Kier molecular flexibility index (Phi) is 4.87. The first-order chi connectivity index (χ1) is 7.83. The zero-order chi connectivity index (χ0) is 13.1. The van der Waals surface area contributed by atoms with Gasteiger partial charge in [0.2, 0.25) is 10.0 Å². The third-order valence-electron chi connectivity index (χ3n) is 2.86. The number of carboxylic acids is 1. The van der Waals surface area contributed by atoms with Gasteiger partial charge < -0.3 is 15.7 Å². The fourth-order valence-electron chi connectivity index (χ4n) is 1.59. The number of aliphatic carboxylic acids is 1. The van der Waals surface area contributed by atoms with Crippen molar-refractivity contribution in [1.82, 2.24) is 9.21 Å². The molecule has 1 aliphatic heterocycles. The maximum absolute atomic E-state index is 11.9. The molecule has 1 atom stereocenters. The van der Waals surface area contributed by atoms with Crippen LogP contribution in [0.15, 0.2) is 0 Å². The second-order valence-corrected chi connectivity index (χ2v) is 6.34. The molecular weight excluding hydrogens is 246 g/mol. The summed E-state index contributed by atoms with van der Waals surface area (Å²) in [6.45, 7) is 2.32. The topological polar surface area (TPSA) is 104 Å². The molecule has 0 amide bonds. The van der Waals surface area contributed by atoms with E-state index in [1.165, 1.54) is 4.31 Å². The van der Waals surface area contributed by atoms with Crippen molar-refractivity contribution < 1.29 is 18.3 Å². The molecule has 3 N–H and O–H groups in total. The minimum Gasteiger partial charge on any atom is -0.480 e. The molecule has 1 unspecified atom stereocenters. The molecule has 1 fully saturated rings. The minimum absolute atomic E-state index is 0.0516. The van der Waals surface area contributed by atoms with E-state index in [0.717, 1.165) is 0 Å². The number of nitrogens with two attached hydrogens (primary N) is 1. The number of carbonyl (C=O) groups is 1. The number of hydrogen-bond acceptors (Lipinski definition) is 5. The predicted molar refractivity (Wildman–Crippen MR) is 63.1 cm³/mol. The Bertz CT molecular complexity index is 362. The standard InChI is InChI=1S/C9H19N3O4S/c1-11-3-5-12(6-4-11)17(15,16)7-2-8(10)9(13)14/h8H,2-7,10H2,1H3,(H,13,14). The van der Waals surface area contributed by atoms with Gasteiger partial charge in [0.25, 0.3) is 0 Å². The monoisotopic (exact) mass is 265 g/mol. The zero-order valence-electron chi connectivity index (χ0n) is 9.87. The van der Waals surface area contributed by atoms with E-state index in [2.05, 4.69) is 4.90 Å². The third kappa shape index (κ3) is 4.23. The number of rotatable bonds is 5. The van der Waals surface area contributed by atoms with Crippen LogP contribution in [0.1, 0.15) is 6.42 Å². The smallest absolute Gasteiger partial charge is 0.320 e. The molecule has 8 heteroatoms. The first kappa shape index (κ1) is 14.4. The highest BCUT2D eigenvalue weighted by Gasteiger charge is 2.26. The maximum atomic E-state index is 11.9. The lowest BCUT2D eigenvalue weighted by molar-refractivity contribution is -0.138. The molecule has 0 aromatic heterocycles. The van der Waals surface area contributed by atoms with Crippen LogP contribution >= 0.6 is 0 Å². The first-order valence-corrected chi connectivity index (χ1v) is 7.08. The van der Waals surface area contributed by atoms with Crippen LogP contribution in [0.3, 0.4) is 0 Å². The largest absolute Gasteiger partial charge is 0.480 e. The van der Waals surface area contributed by atoms with Gasteiger partial charge in [-0.3, -0.25) is 4.79 Å². The second kappa shape index (κ2) is 5.76. The summed E-state index contributed by atoms with van der Waals surface area (Å²) >= 11 is 0. The molecule has 0 aromatic carbocycles. The molecular formula is C9H19N3O4S. The van der Waals surface area contributed by atoms with Crippen LogP contribution in [-0.2, 0) is 14.8 Å². The summed E-state index contributed by atoms with van der Waals surface area (Å²) in [4.78, 5) is 12.5. The molecule has 1 rings (SSSR count). The van der Waals surface area contributed by atoms with E-state index in [0.29, 0.717) is 26.2 Å². The molecule has 17 heavy (non-hydrogen) atoms. The zero-order valence-corrected chi connectivity index (χ0v) is 10.7. The second-order valence-electron chi connectivity index (χ2n) is 4.25. The van der Waals surface area contributed by atoms with E-state index in [-0.39, 0.29) is 12.2 Å². The summed E-state index contributed by atoms with van der Waals surface area (Å²) < 4.78 is 25.2. The Morgan fingerprint density at radius 3 is 2.35 bits per heavy atom. The van der Waals surface area contributed by atoms with Crippen LogP contribution in [0.2, 0.25) is 0 Å². The average Bonchev–Trinajstić information content (AvgIpc) is 2.26. The van der Waals surface area contributed by atoms with E-state index in [4.69, 9.17) is 10.8 Å². The third-order valence-corrected chi connectivity index (χ3v) is 4.76. The van der Waals surface area contributed by atoms with Gasteiger partial charge in [-0.2, -0.15) is 4.31 Å². The fraction of sp³-hybridized carbons (Fsp3) is 0.889. The Morgan fingerprint density at radius 2 is 1.88 bits per heavy atom. The van der Waals surface area contributed by atoms with Gasteiger partial charge in [0.05, 0.1) is 5.75 Å². The normalized spacial score (nSPS) is 21.3. The van der Waals surface area contributed by atoms with Gasteiger partial charge in [-0.15, -0.1) is 0 Å². The van der Waals surface area contributed by atoms with Gasteiger partial charge in [-0.25, -0.2) is 8.42 Å². The van der Waals surface area contributed by atoms with Crippen LogP contribution in [0.4, 0.5) is 0 Å². The van der Waals surface area contributed by atoms with Gasteiger partial charge >= 0.3 is 5.97 Å². The van der Waals surface area contributed by atoms with Crippen molar-refractivity contribution >= 4 is 16.0 Å². The van der Waals surface area contributed by atoms with Crippen LogP contribution in [0.5, 0.6) is 0 Å². The van der Waals surface area contributed by atoms with E-state index in [9.17, 15) is 13.2 Å². The lowest BCUT2D eigenvalue weighted by Crippen LogP contribution is -2.48. The Morgan fingerprint density at radius 1 is 1.35 bits per heavy atom. The summed E-state index contributed by atoms with van der Waals surface area (Å²) in [5.74, 6) is -1.37. The molecule has 1 aliphatic rings. The maximum Gasteiger partial charge on any atom is 0.320 e. The Labute approximate surface area is 101 Å². The van der Waals surface area contributed by atoms with Crippen molar-refractivity contribution in [3.63, 3.8) is 0 Å². The fourth-order valence-corrected chi connectivity index (χ4v) is 3.12. The summed E-state index contributed by atoms with van der Waals surface area (Å²) in [7, 11) is -1.44. The highest BCUT2D eigenvalue weighted by Crippen LogP contribution is 2.08. The van der Waals surface area contributed by atoms with E-state index in [1.807, 2.05) is 7.05 Å². The van der Waals surface area contributed by atoms with Gasteiger partial charge in [-0.05, 0) is 13.5 Å². The molecule has 0 aromatic rings. The average molecular weight is 265 g/mol. The van der Waals surface area contributed by atoms with Crippen LogP contribution in [-0.4, -0.2) is 73.7 Å². The number of likely N-dealkylation sites (N-methyl/N-ethyl adjacent to an activating group) is 1. The van der Waals surface area contributed by atoms with Gasteiger partial charge in [0, 0.05) is 26.2 Å². The minimum atomic E-state index is -3.37. The molecule has 0 radical (unpaired) electrons. The number of hydrogen-bond donors (Lipinski definition) is 2. The van der Waals surface area contributed by atoms with Gasteiger partial charge in [0.1, 0.15) is 6.04 Å². The predicted octanol–water partition coefficient (Wildman–Crippen LogP) is -1.63. The molecule has 0 aliphatic carbocycles. The van der Waals surface area contributed by atoms with Crippen LogP contribution in [0, 0.1) is 0 Å². The number of sulfonamides is 1.